The summed E-state index contributed by atoms with van der Waals surface area (Å²) in [5, 5.41) is 18.0. The van der Waals surface area contributed by atoms with Crippen LogP contribution in [-0.2, 0) is 16.0 Å². The molecule has 0 spiro atoms. The molecule has 0 aliphatic heterocycles. The standard InChI is InChI=1S/C29H33N3O6/c1-3-17-38-18-16-30-29(36)26(19-20-8-12-22(33)13-9-20)32-28(35)24-6-4-5-7-25(24)31-27(34)21-10-14-23(37-2)15-11-21/h4-15,26,33H,3,16-19H2,1-2H3,(H,30,36)(H,31,34)(H,32,35)/t26-/m1/s1. The summed E-state index contributed by atoms with van der Waals surface area (Å²) in [5.74, 6) is -0.550. The fourth-order valence-electron chi connectivity index (χ4n) is 3.66. The Bertz CT molecular complexity index is 1210. The molecule has 0 bridgehead atoms. The van der Waals surface area contributed by atoms with Gasteiger partial charge in [0.15, 0.2) is 0 Å². The van der Waals surface area contributed by atoms with Crippen molar-refractivity contribution in [3.63, 3.8) is 0 Å². The van der Waals surface area contributed by atoms with Gasteiger partial charge in [-0.2, -0.15) is 0 Å². The first-order valence-electron chi connectivity index (χ1n) is 12.4. The van der Waals surface area contributed by atoms with Gasteiger partial charge in [0.2, 0.25) is 5.91 Å². The van der Waals surface area contributed by atoms with Gasteiger partial charge in [0, 0.05) is 25.1 Å². The maximum absolute atomic E-state index is 13.3. The van der Waals surface area contributed by atoms with Crippen LogP contribution >= 0.6 is 0 Å². The van der Waals surface area contributed by atoms with Gasteiger partial charge in [-0.25, -0.2) is 0 Å². The van der Waals surface area contributed by atoms with Crippen LogP contribution in [0.25, 0.3) is 0 Å². The lowest BCUT2D eigenvalue weighted by molar-refractivity contribution is -0.123. The van der Waals surface area contributed by atoms with E-state index in [9.17, 15) is 19.5 Å². The molecule has 3 amide bonds. The van der Waals surface area contributed by atoms with Gasteiger partial charge in [0.05, 0.1) is 25.0 Å². The minimum Gasteiger partial charge on any atom is -0.508 e. The highest BCUT2D eigenvalue weighted by Gasteiger charge is 2.23. The number of ether oxygens (including phenoxy) is 2. The molecular formula is C29H33N3O6. The van der Waals surface area contributed by atoms with Crippen LogP contribution in [0.2, 0.25) is 0 Å². The monoisotopic (exact) mass is 519 g/mol. The van der Waals surface area contributed by atoms with Crippen molar-refractivity contribution >= 4 is 23.4 Å². The third kappa shape index (κ3) is 8.35. The van der Waals surface area contributed by atoms with E-state index in [1.165, 1.54) is 12.1 Å². The molecule has 0 aliphatic carbocycles. The zero-order valence-electron chi connectivity index (χ0n) is 21.5. The van der Waals surface area contributed by atoms with Crippen LogP contribution in [0.1, 0.15) is 39.6 Å². The number of para-hydroxylation sites is 1. The SMILES string of the molecule is CCCOCCNC(=O)[C@@H](Cc1ccc(O)cc1)NC(=O)c1ccccc1NC(=O)c1ccc(OC)cc1. The summed E-state index contributed by atoms with van der Waals surface area (Å²) in [5.41, 5.74) is 1.68. The van der Waals surface area contributed by atoms with Crippen LogP contribution in [0.15, 0.2) is 72.8 Å². The number of phenols is 1. The minimum absolute atomic E-state index is 0.105. The summed E-state index contributed by atoms with van der Waals surface area (Å²) >= 11 is 0. The summed E-state index contributed by atoms with van der Waals surface area (Å²) < 4.78 is 10.5. The van der Waals surface area contributed by atoms with E-state index in [1.807, 2.05) is 6.92 Å². The number of methoxy groups -OCH3 is 1. The molecule has 0 aromatic heterocycles. The fraction of sp³-hybridized carbons (Fsp3) is 0.276. The third-order valence-electron chi connectivity index (χ3n) is 5.66. The highest BCUT2D eigenvalue weighted by Crippen LogP contribution is 2.19. The molecule has 0 heterocycles. The number of nitrogens with one attached hydrogen (secondary N) is 3. The molecule has 3 rings (SSSR count). The molecule has 0 saturated carbocycles. The van der Waals surface area contributed by atoms with Crippen LogP contribution < -0.4 is 20.7 Å². The lowest BCUT2D eigenvalue weighted by Gasteiger charge is -2.20. The molecule has 9 heteroatoms. The van der Waals surface area contributed by atoms with Gasteiger partial charge in [-0.15, -0.1) is 0 Å². The molecule has 0 radical (unpaired) electrons. The Morgan fingerprint density at radius 3 is 2.29 bits per heavy atom. The topological polar surface area (TPSA) is 126 Å². The summed E-state index contributed by atoms with van der Waals surface area (Å²) in [4.78, 5) is 39.1. The molecule has 0 aliphatic rings. The van der Waals surface area contributed by atoms with Gasteiger partial charge in [0.25, 0.3) is 11.8 Å². The highest BCUT2D eigenvalue weighted by molar-refractivity contribution is 6.09. The van der Waals surface area contributed by atoms with Crippen LogP contribution in [0.3, 0.4) is 0 Å². The van der Waals surface area contributed by atoms with E-state index in [2.05, 4.69) is 16.0 Å². The third-order valence-corrected chi connectivity index (χ3v) is 5.66. The molecule has 200 valence electrons. The van der Waals surface area contributed by atoms with Crippen molar-refractivity contribution in [2.75, 3.05) is 32.2 Å². The zero-order chi connectivity index (χ0) is 27.3. The van der Waals surface area contributed by atoms with Gasteiger partial charge in [-0.1, -0.05) is 31.2 Å². The Morgan fingerprint density at radius 2 is 1.61 bits per heavy atom. The Kier molecular flexibility index (Phi) is 10.7. The minimum atomic E-state index is -0.899. The van der Waals surface area contributed by atoms with E-state index < -0.39 is 17.9 Å². The smallest absolute Gasteiger partial charge is 0.255 e. The number of phenolic OH excluding ortho intramolecular Hbond substituents is 1. The summed E-state index contributed by atoms with van der Waals surface area (Å²) in [6.45, 7) is 3.26. The van der Waals surface area contributed by atoms with Crippen LogP contribution in [0, 0.1) is 0 Å². The Labute approximate surface area is 222 Å². The first-order valence-corrected chi connectivity index (χ1v) is 12.4. The molecule has 0 fully saturated rings. The van der Waals surface area contributed by atoms with Crippen LogP contribution in [0.4, 0.5) is 5.69 Å². The van der Waals surface area contributed by atoms with Gasteiger partial charge in [-0.3, -0.25) is 14.4 Å². The molecule has 4 N–H and O–H groups in total. The van der Waals surface area contributed by atoms with Crippen molar-refractivity contribution in [1.29, 1.82) is 0 Å². The van der Waals surface area contributed by atoms with E-state index >= 15 is 0 Å². The largest absolute Gasteiger partial charge is 0.508 e. The number of hydrogen-bond acceptors (Lipinski definition) is 6. The summed E-state index contributed by atoms with van der Waals surface area (Å²) in [7, 11) is 1.54. The molecule has 0 unspecified atom stereocenters. The summed E-state index contributed by atoms with van der Waals surface area (Å²) in [6, 6.07) is 18.7. The number of hydrogen-bond donors (Lipinski definition) is 4. The van der Waals surface area contributed by atoms with Gasteiger partial charge < -0.3 is 30.5 Å². The molecule has 9 nitrogen and oxygen atoms in total. The van der Waals surface area contributed by atoms with Crippen molar-refractivity contribution in [1.82, 2.24) is 10.6 Å². The number of anilines is 1. The Hall–Kier alpha value is -4.37. The number of carbonyl (C=O) groups excluding carboxylic acids is 3. The van der Waals surface area contributed by atoms with Crippen molar-refractivity contribution in [2.24, 2.45) is 0 Å². The normalized spacial score (nSPS) is 11.3. The second kappa shape index (κ2) is 14.4. The zero-order valence-corrected chi connectivity index (χ0v) is 21.5. The van der Waals surface area contributed by atoms with Gasteiger partial charge >= 0.3 is 0 Å². The van der Waals surface area contributed by atoms with Crippen LogP contribution in [-0.4, -0.2) is 55.7 Å². The average Bonchev–Trinajstić information content (AvgIpc) is 2.93. The summed E-state index contributed by atoms with van der Waals surface area (Å²) in [6.07, 6.45) is 1.08. The Balaban J connectivity index is 1.74. The van der Waals surface area contributed by atoms with Crippen molar-refractivity contribution in [2.45, 2.75) is 25.8 Å². The molecule has 38 heavy (non-hydrogen) atoms. The molecule has 3 aromatic carbocycles. The number of amides is 3. The number of carbonyl (C=O) groups is 3. The first-order chi connectivity index (χ1) is 18.4. The van der Waals surface area contributed by atoms with E-state index in [-0.39, 0.29) is 23.6 Å². The number of rotatable bonds is 13. The predicted octanol–water partition coefficient (Wildman–Crippen LogP) is 3.54. The van der Waals surface area contributed by atoms with Crippen LogP contribution in [0.5, 0.6) is 11.5 Å². The van der Waals surface area contributed by atoms with Crippen molar-refractivity contribution in [3.8, 4) is 11.5 Å². The van der Waals surface area contributed by atoms with E-state index in [1.54, 1.807) is 67.8 Å². The van der Waals surface area contributed by atoms with Crippen molar-refractivity contribution < 1.29 is 29.0 Å². The maximum atomic E-state index is 13.3. The number of aromatic hydroxyl groups is 1. The lowest BCUT2D eigenvalue weighted by atomic mass is 10.0. The van der Waals surface area contributed by atoms with E-state index in [4.69, 9.17) is 9.47 Å². The second-order valence-corrected chi connectivity index (χ2v) is 8.53. The van der Waals surface area contributed by atoms with E-state index in [0.717, 1.165) is 12.0 Å². The van der Waals surface area contributed by atoms with Gasteiger partial charge in [0.1, 0.15) is 17.5 Å². The number of benzene rings is 3. The van der Waals surface area contributed by atoms with Crippen molar-refractivity contribution in [3.05, 3.63) is 89.5 Å². The maximum Gasteiger partial charge on any atom is 0.255 e. The highest BCUT2D eigenvalue weighted by atomic mass is 16.5. The fourth-order valence-corrected chi connectivity index (χ4v) is 3.66. The predicted molar refractivity (Wildman–Crippen MR) is 145 cm³/mol. The second-order valence-electron chi connectivity index (χ2n) is 8.53. The molecule has 0 saturated heterocycles. The van der Waals surface area contributed by atoms with Gasteiger partial charge in [-0.05, 0) is 60.5 Å². The molecule has 1 atom stereocenters. The lowest BCUT2D eigenvalue weighted by Crippen LogP contribution is -2.48. The Morgan fingerprint density at radius 1 is 0.895 bits per heavy atom. The van der Waals surface area contributed by atoms with E-state index in [0.29, 0.717) is 36.8 Å². The average molecular weight is 520 g/mol. The molecule has 3 aromatic rings. The quantitative estimate of drug-likeness (QED) is 0.256. The first kappa shape index (κ1) is 28.2. The molecular weight excluding hydrogens is 486 g/mol.